The van der Waals surface area contributed by atoms with E-state index >= 15 is 0 Å². The number of aliphatic hydroxyl groups is 1. The maximum atomic E-state index is 12.3. The van der Waals surface area contributed by atoms with Gasteiger partial charge in [-0.1, -0.05) is 19.9 Å². The molecule has 4 N–H and O–H groups in total. The zero-order chi connectivity index (χ0) is 19.2. The molecule has 0 fully saturated rings. The van der Waals surface area contributed by atoms with Gasteiger partial charge in [0.05, 0.1) is 6.10 Å². The van der Waals surface area contributed by atoms with Crippen LogP contribution < -0.4 is 5.32 Å². The number of rotatable bonds is 6. The highest BCUT2D eigenvalue weighted by atomic mass is 16.6. The zero-order valence-electron chi connectivity index (χ0n) is 16.8. The predicted molar refractivity (Wildman–Crippen MR) is 102 cm³/mol. The summed E-state index contributed by atoms with van der Waals surface area (Å²) in [6.45, 7) is 12.6. The van der Waals surface area contributed by atoms with Crippen LogP contribution in [0.15, 0.2) is 23.3 Å². The minimum atomic E-state index is -0.782. The van der Waals surface area contributed by atoms with E-state index in [0.29, 0.717) is 37.5 Å². The van der Waals surface area contributed by atoms with Crippen LogP contribution in [0.1, 0.15) is 48.0 Å². The third-order valence-corrected chi connectivity index (χ3v) is 3.89. The minimum Gasteiger partial charge on any atom is -0.444 e. The molecule has 26 heavy (non-hydrogen) atoms. The van der Waals surface area contributed by atoms with Crippen LogP contribution in [0.2, 0.25) is 0 Å². The van der Waals surface area contributed by atoms with Crippen LogP contribution in [-0.4, -0.2) is 58.8 Å². The minimum absolute atomic E-state index is 0. The van der Waals surface area contributed by atoms with Crippen molar-refractivity contribution in [1.82, 2.24) is 10.2 Å². The van der Waals surface area contributed by atoms with Crippen LogP contribution >= 0.6 is 0 Å². The molecule has 7 nitrogen and oxygen atoms in total. The predicted octanol–water partition coefficient (Wildman–Crippen LogP) is 1.81. The molecule has 0 heterocycles. The normalized spacial score (nSPS) is 17.0. The fourth-order valence-electron chi connectivity index (χ4n) is 2.44. The maximum Gasteiger partial charge on any atom is 0.410 e. The molecule has 1 rings (SSSR count). The SMILES string of the molecule is CCN(CCNC(=O)C1=CC(C(C)C)=CCC1O)C(=O)OC(C)(C)C.O. The van der Waals surface area contributed by atoms with Gasteiger partial charge in [0.25, 0.3) is 0 Å². The van der Waals surface area contributed by atoms with Gasteiger partial charge in [0, 0.05) is 25.2 Å². The van der Waals surface area contributed by atoms with E-state index in [0.717, 1.165) is 5.57 Å². The van der Waals surface area contributed by atoms with E-state index in [4.69, 9.17) is 4.74 Å². The number of hydrogen-bond donors (Lipinski definition) is 2. The van der Waals surface area contributed by atoms with Crippen LogP contribution in [-0.2, 0) is 9.53 Å². The Morgan fingerprint density at radius 1 is 1.38 bits per heavy atom. The van der Waals surface area contributed by atoms with Gasteiger partial charge in [-0.05, 0) is 51.7 Å². The van der Waals surface area contributed by atoms with Crippen LogP contribution in [0, 0.1) is 5.92 Å². The number of likely N-dealkylation sites (N-methyl/N-ethyl adjacent to an activating group) is 1. The first-order valence-corrected chi connectivity index (χ1v) is 8.91. The van der Waals surface area contributed by atoms with Crippen LogP contribution in [0.3, 0.4) is 0 Å². The van der Waals surface area contributed by atoms with Gasteiger partial charge in [0.1, 0.15) is 5.60 Å². The summed E-state index contributed by atoms with van der Waals surface area (Å²) in [6, 6.07) is 0. The Hall–Kier alpha value is -1.86. The maximum absolute atomic E-state index is 12.3. The molecule has 0 aliphatic heterocycles. The molecule has 1 atom stereocenters. The second-order valence-corrected chi connectivity index (χ2v) is 7.53. The van der Waals surface area contributed by atoms with E-state index in [1.165, 1.54) is 4.90 Å². The fraction of sp³-hybridized carbons (Fsp3) is 0.684. The van der Waals surface area contributed by atoms with Gasteiger partial charge in [-0.25, -0.2) is 4.79 Å². The number of allylic oxidation sites excluding steroid dienone is 2. The quantitative estimate of drug-likeness (QED) is 0.743. The summed E-state index contributed by atoms with van der Waals surface area (Å²) in [6.07, 6.45) is 3.00. The van der Waals surface area contributed by atoms with E-state index in [2.05, 4.69) is 19.2 Å². The number of nitrogens with zero attached hydrogens (tertiary/aromatic N) is 1. The number of ether oxygens (including phenoxy) is 1. The van der Waals surface area contributed by atoms with Crippen molar-refractivity contribution in [2.24, 2.45) is 5.92 Å². The van der Waals surface area contributed by atoms with Gasteiger partial charge in [0.2, 0.25) is 5.91 Å². The molecule has 0 spiro atoms. The summed E-state index contributed by atoms with van der Waals surface area (Å²) in [5.74, 6) is 0.0112. The second-order valence-electron chi connectivity index (χ2n) is 7.53. The summed E-state index contributed by atoms with van der Waals surface area (Å²) < 4.78 is 5.34. The molecule has 1 aliphatic carbocycles. The van der Waals surface area contributed by atoms with E-state index in [1.807, 2.05) is 33.8 Å². The van der Waals surface area contributed by atoms with Gasteiger partial charge in [0.15, 0.2) is 0 Å². The lowest BCUT2D eigenvalue weighted by molar-refractivity contribution is -0.118. The highest BCUT2D eigenvalue weighted by molar-refractivity contribution is 5.95. The lowest BCUT2D eigenvalue weighted by Gasteiger charge is -2.27. The summed E-state index contributed by atoms with van der Waals surface area (Å²) in [4.78, 5) is 26.0. The van der Waals surface area contributed by atoms with Crippen LogP contribution in [0.5, 0.6) is 0 Å². The van der Waals surface area contributed by atoms with Crippen molar-refractivity contribution in [1.29, 1.82) is 0 Å². The highest BCUT2D eigenvalue weighted by Gasteiger charge is 2.24. The van der Waals surface area contributed by atoms with Gasteiger partial charge >= 0.3 is 6.09 Å². The molecule has 1 unspecified atom stereocenters. The Labute approximate surface area is 156 Å². The number of nitrogens with one attached hydrogen (secondary N) is 1. The van der Waals surface area contributed by atoms with Crippen molar-refractivity contribution in [3.63, 3.8) is 0 Å². The van der Waals surface area contributed by atoms with E-state index in [1.54, 1.807) is 6.08 Å². The van der Waals surface area contributed by atoms with Gasteiger partial charge < -0.3 is 25.5 Å². The largest absolute Gasteiger partial charge is 0.444 e. The summed E-state index contributed by atoms with van der Waals surface area (Å²) >= 11 is 0. The van der Waals surface area contributed by atoms with E-state index in [-0.39, 0.29) is 11.4 Å². The number of hydrogen-bond acceptors (Lipinski definition) is 4. The second kappa shape index (κ2) is 10.3. The average molecular weight is 370 g/mol. The molecule has 0 aromatic heterocycles. The number of aliphatic hydroxyl groups excluding tert-OH is 1. The Morgan fingerprint density at radius 3 is 2.50 bits per heavy atom. The summed E-state index contributed by atoms with van der Waals surface area (Å²) in [5, 5.41) is 12.8. The van der Waals surface area contributed by atoms with Crippen molar-refractivity contribution in [3.05, 3.63) is 23.3 Å². The third-order valence-electron chi connectivity index (χ3n) is 3.89. The van der Waals surface area contributed by atoms with Crippen molar-refractivity contribution in [2.45, 2.75) is 59.7 Å². The van der Waals surface area contributed by atoms with Crippen molar-refractivity contribution in [3.8, 4) is 0 Å². The zero-order valence-corrected chi connectivity index (χ0v) is 16.8. The fourth-order valence-corrected chi connectivity index (χ4v) is 2.44. The third kappa shape index (κ3) is 7.58. The first-order chi connectivity index (χ1) is 11.5. The molecular formula is C19H34N2O5. The van der Waals surface area contributed by atoms with Crippen LogP contribution in [0.4, 0.5) is 4.79 Å². The smallest absolute Gasteiger partial charge is 0.410 e. The molecule has 7 heteroatoms. The highest BCUT2D eigenvalue weighted by Crippen LogP contribution is 2.23. The van der Waals surface area contributed by atoms with Gasteiger partial charge in [-0.3, -0.25) is 4.79 Å². The average Bonchev–Trinajstić information content (AvgIpc) is 2.49. The van der Waals surface area contributed by atoms with Crippen molar-refractivity contribution in [2.75, 3.05) is 19.6 Å². The first kappa shape index (κ1) is 24.1. The topological polar surface area (TPSA) is 110 Å². The lowest BCUT2D eigenvalue weighted by atomic mass is 9.90. The van der Waals surface area contributed by atoms with Gasteiger partial charge in [-0.2, -0.15) is 0 Å². The molecule has 0 aromatic rings. The number of carbonyl (C=O) groups excluding carboxylic acids is 2. The van der Waals surface area contributed by atoms with E-state index < -0.39 is 17.8 Å². The first-order valence-electron chi connectivity index (χ1n) is 8.91. The molecule has 0 bridgehead atoms. The van der Waals surface area contributed by atoms with Gasteiger partial charge in [-0.15, -0.1) is 0 Å². The van der Waals surface area contributed by atoms with E-state index in [9.17, 15) is 14.7 Å². The van der Waals surface area contributed by atoms with Crippen LogP contribution in [0.25, 0.3) is 0 Å². The van der Waals surface area contributed by atoms with Crippen molar-refractivity contribution < 1.29 is 24.9 Å². The number of amides is 2. The summed E-state index contributed by atoms with van der Waals surface area (Å²) in [5.41, 5.74) is 0.885. The molecule has 2 amide bonds. The Bertz CT molecular complexity index is 547. The summed E-state index contributed by atoms with van der Waals surface area (Å²) in [7, 11) is 0. The Balaban J connectivity index is 0.00000625. The molecule has 1 aliphatic rings. The standard InChI is InChI=1S/C19H32N2O4.H2O/c1-7-21(18(24)25-19(4,5)6)11-10-20-17(23)15-12-14(13(2)3)8-9-16(15)22;/h8,12-13,16,22H,7,9-11H2,1-6H3,(H,20,23);1H2. The Morgan fingerprint density at radius 2 is 2.00 bits per heavy atom. The molecular weight excluding hydrogens is 336 g/mol. The Kier molecular flexibility index (Phi) is 9.59. The monoisotopic (exact) mass is 370 g/mol. The molecule has 150 valence electrons. The molecule has 0 saturated carbocycles. The molecule has 0 aromatic carbocycles. The lowest BCUT2D eigenvalue weighted by Crippen LogP contribution is -2.42. The number of carbonyl (C=O) groups is 2. The molecule has 0 radical (unpaired) electrons. The molecule has 0 saturated heterocycles. The van der Waals surface area contributed by atoms with Crippen molar-refractivity contribution >= 4 is 12.0 Å².